The standard InChI is InChI=1S/C13H14N4O3/c14-7-9-1-2-11(12(5-9)17(19)20)16-13(18)6-10-3-4-15-8-10/h1-2,5,10,15H,3-4,6,8H2,(H,16,18). The Labute approximate surface area is 115 Å². The van der Waals surface area contributed by atoms with Crippen molar-refractivity contribution in [1.29, 1.82) is 5.26 Å². The lowest BCUT2D eigenvalue weighted by Crippen LogP contribution is -2.18. The fourth-order valence-corrected chi connectivity index (χ4v) is 2.21. The number of nitriles is 1. The molecule has 2 N–H and O–H groups in total. The highest BCUT2D eigenvalue weighted by atomic mass is 16.6. The quantitative estimate of drug-likeness (QED) is 0.637. The van der Waals surface area contributed by atoms with Crippen molar-refractivity contribution in [3.05, 3.63) is 33.9 Å². The molecule has 1 unspecified atom stereocenters. The average molecular weight is 274 g/mol. The smallest absolute Gasteiger partial charge is 0.294 e. The minimum atomic E-state index is -0.604. The van der Waals surface area contributed by atoms with Gasteiger partial charge >= 0.3 is 0 Å². The van der Waals surface area contributed by atoms with E-state index in [9.17, 15) is 14.9 Å². The summed E-state index contributed by atoms with van der Waals surface area (Å²) in [4.78, 5) is 22.2. The summed E-state index contributed by atoms with van der Waals surface area (Å²) in [5.41, 5.74) is 0.0570. The lowest BCUT2D eigenvalue weighted by atomic mass is 10.0. The molecular formula is C13H14N4O3. The van der Waals surface area contributed by atoms with Crippen LogP contribution in [0.15, 0.2) is 18.2 Å². The van der Waals surface area contributed by atoms with E-state index in [1.165, 1.54) is 12.1 Å². The van der Waals surface area contributed by atoms with Crippen molar-refractivity contribution in [2.24, 2.45) is 5.92 Å². The summed E-state index contributed by atoms with van der Waals surface area (Å²) >= 11 is 0. The maximum absolute atomic E-state index is 11.9. The molecule has 1 aromatic carbocycles. The fraction of sp³-hybridized carbons (Fsp3) is 0.385. The molecule has 104 valence electrons. The molecule has 0 radical (unpaired) electrons. The summed E-state index contributed by atoms with van der Waals surface area (Å²) in [6.07, 6.45) is 1.27. The normalized spacial score (nSPS) is 17.4. The largest absolute Gasteiger partial charge is 0.320 e. The van der Waals surface area contributed by atoms with Crippen molar-refractivity contribution in [2.45, 2.75) is 12.8 Å². The van der Waals surface area contributed by atoms with Gasteiger partial charge in [0.25, 0.3) is 5.69 Å². The third-order valence-corrected chi connectivity index (χ3v) is 3.23. The number of nitrogens with one attached hydrogen (secondary N) is 2. The first-order valence-corrected chi connectivity index (χ1v) is 6.29. The van der Waals surface area contributed by atoms with Gasteiger partial charge in [0, 0.05) is 12.5 Å². The van der Waals surface area contributed by atoms with Gasteiger partial charge in [0.1, 0.15) is 5.69 Å². The Morgan fingerprint density at radius 1 is 1.60 bits per heavy atom. The molecule has 1 aliphatic heterocycles. The van der Waals surface area contributed by atoms with Crippen molar-refractivity contribution in [2.75, 3.05) is 18.4 Å². The summed E-state index contributed by atoms with van der Waals surface area (Å²) < 4.78 is 0. The molecule has 7 nitrogen and oxygen atoms in total. The van der Waals surface area contributed by atoms with Crippen LogP contribution in [0.3, 0.4) is 0 Å². The predicted molar refractivity (Wildman–Crippen MR) is 72.0 cm³/mol. The van der Waals surface area contributed by atoms with Crippen LogP contribution in [0, 0.1) is 27.4 Å². The maximum atomic E-state index is 11.9. The van der Waals surface area contributed by atoms with Crippen molar-refractivity contribution in [3.63, 3.8) is 0 Å². The molecule has 1 fully saturated rings. The van der Waals surface area contributed by atoms with E-state index in [0.29, 0.717) is 6.42 Å². The molecule has 1 aliphatic rings. The fourth-order valence-electron chi connectivity index (χ4n) is 2.21. The number of carbonyl (C=O) groups excluding carboxylic acids is 1. The highest BCUT2D eigenvalue weighted by Crippen LogP contribution is 2.26. The Morgan fingerprint density at radius 2 is 2.40 bits per heavy atom. The van der Waals surface area contributed by atoms with E-state index in [0.717, 1.165) is 25.6 Å². The van der Waals surface area contributed by atoms with Crippen molar-refractivity contribution in [1.82, 2.24) is 5.32 Å². The lowest BCUT2D eigenvalue weighted by Gasteiger charge is -2.09. The second-order valence-electron chi connectivity index (χ2n) is 4.71. The van der Waals surface area contributed by atoms with E-state index in [2.05, 4.69) is 10.6 Å². The number of rotatable bonds is 4. The maximum Gasteiger partial charge on any atom is 0.294 e. The molecular weight excluding hydrogens is 260 g/mol. The van der Waals surface area contributed by atoms with Gasteiger partial charge in [-0.1, -0.05) is 0 Å². The van der Waals surface area contributed by atoms with Gasteiger partial charge in [-0.05, 0) is 37.6 Å². The number of hydrogen-bond acceptors (Lipinski definition) is 5. The molecule has 1 heterocycles. The molecule has 0 spiro atoms. The summed E-state index contributed by atoms with van der Waals surface area (Å²) in [6.45, 7) is 1.69. The number of amides is 1. The molecule has 1 amide bonds. The van der Waals surface area contributed by atoms with Crippen molar-refractivity contribution in [3.8, 4) is 6.07 Å². The molecule has 1 saturated heterocycles. The summed E-state index contributed by atoms with van der Waals surface area (Å²) in [7, 11) is 0. The lowest BCUT2D eigenvalue weighted by molar-refractivity contribution is -0.383. The van der Waals surface area contributed by atoms with E-state index >= 15 is 0 Å². The zero-order chi connectivity index (χ0) is 14.5. The Bertz CT molecular complexity index is 573. The Balaban J connectivity index is 2.10. The van der Waals surface area contributed by atoms with E-state index in [1.54, 1.807) is 0 Å². The number of carbonyl (C=O) groups is 1. The van der Waals surface area contributed by atoms with Gasteiger partial charge in [0.2, 0.25) is 5.91 Å². The summed E-state index contributed by atoms with van der Waals surface area (Å²) in [5, 5.41) is 25.4. The predicted octanol–water partition coefficient (Wildman–Crippen LogP) is 1.40. The van der Waals surface area contributed by atoms with Gasteiger partial charge in [-0.3, -0.25) is 14.9 Å². The monoisotopic (exact) mass is 274 g/mol. The second-order valence-corrected chi connectivity index (χ2v) is 4.71. The molecule has 20 heavy (non-hydrogen) atoms. The number of benzene rings is 1. The summed E-state index contributed by atoms with van der Waals surface area (Å²) in [5.74, 6) is 0.0268. The van der Waals surface area contributed by atoms with Crippen LogP contribution in [0.1, 0.15) is 18.4 Å². The first-order valence-electron chi connectivity index (χ1n) is 6.29. The van der Waals surface area contributed by atoms with Crippen molar-refractivity contribution < 1.29 is 9.72 Å². The number of nitrogens with zero attached hydrogens (tertiary/aromatic N) is 2. The van der Waals surface area contributed by atoms with E-state index in [-0.39, 0.29) is 28.8 Å². The van der Waals surface area contributed by atoms with E-state index in [4.69, 9.17) is 5.26 Å². The zero-order valence-electron chi connectivity index (χ0n) is 10.8. The van der Waals surface area contributed by atoms with E-state index < -0.39 is 4.92 Å². The van der Waals surface area contributed by atoms with E-state index in [1.807, 2.05) is 6.07 Å². The van der Waals surface area contributed by atoms with Gasteiger partial charge in [0.05, 0.1) is 16.6 Å². The van der Waals surface area contributed by atoms with Crippen molar-refractivity contribution >= 4 is 17.3 Å². The SMILES string of the molecule is N#Cc1ccc(NC(=O)CC2CCNC2)c([N+](=O)[O-])c1. The third-order valence-electron chi connectivity index (χ3n) is 3.23. The minimum Gasteiger partial charge on any atom is -0.320 e. The topological polar surface area (TPSA) is 108 Å². The van der Waals surface area contributed by atoms with Crippen LogP contribution in [0.25, 0.3) is 0 Å². The van der Waals surface area contributed by atoms with Gasteiger partial charge in [0.15, 0.2) is 0 Å². The molecule has 0 saturated carbocycles. The van der Waals surface area contributed by atoms with Gasteiger partial charge in [-0.15, -0.1) is 0 Å². The number of anilines is 1. The first kappa shape index (κ1) is 14.0. The average Bonchev–Trinajstić information content (AvgIpc) is 2.91. The van der Waals surface area contributed by atoms with Crippen LogP contribution in [-0.2, 0) is 4.79 Å². The van der Waals surface area contributed by atoms with Crippen LogP contribution in [0.5, 0.6) is 0 Å². The Kier molecular flexibility index (Phi) is 4.27. The van der Waals surface area contributed by atoms with Crippen LogP contribution < -0.4 is 10.6 Å². The molecule has 0 aliphatic carbocycles. The molecule has 0 aromatic heterocycles. The molecule has 7 heteroatoms. The second kappa shape index (κ2) is 6.12. The van der Waals surface area contributed by atoms with Crippen LogP contribution in [0.2, 0.25) is 0 Å². The van der Waals surface area contributed by atoms with Crippen LogP contribution in [-0.4, -0.2) is 23.9 Å². The molecule has 1 atom stereocenters. The third kappa shape index (κ3) is 3.30. The molecule has 0 bridgehead atoms. The highest BCUT2D eigenvalue weighted by molar-refractivity contribution is 5.93. The zero-order valence-corrected chi connectivity index (χ0v) is 10.8. The van der Waals surface area contributed by atoms with Gasteiger partial charge < -0.3 is 10.6 Å². The van der Waals surface area contributed by atoms with Gasteiger partial charge in [-0.2, -0.15) is 5.26 Å². The molecule has 2 rings (SSSR count). The van der Waals surface area contributed by atoms with Gasteiger partial charge in [-0.25, -0.2) is 0 Å². The number of nitro benzene ring substituents is 1. The van der Waals surface area contributed by atoms with Crippen LogP contribution in [0.4, 0.5) is 11.4 Å². The number of hydrogen-bond donors (Lipinski definition) is 2. The summed E-state index contributed by atoms with van der Waals surface area (Å²) in [6, 6.07) is 5.83. The Morgan fingerprint density at radius 3 is 3.00 bits per heavy atom. The first-order chi connectivity index (χ1) is 9.60. The minimum absolute atomic E-state index is 0.130. The molecule has 1 aromatic rings. The highest BCUT2D eigenvalue weighted by Gasteiger charge is 2.21. The Hall–Kier alpha value is -2.46. The van der Waals surface area contributed by atoms with Crippen LogP contribution >= 0.6 is 0 Å². The number of nitro groups is 1.